The fourth-order valence-electron chi connectivity index (χ4n) is 4.76. The molecule has 0 radical (unpaired) electrons. The van der Waals surface area contributed by atoms with Crippen molar-refractivity contribution in [1.82, 2.24) is 29.1 Å². The van der Waals surface area contributed by atoms with E-state index in [-0.39, 0.29) is 33.8 Å². The molecule has 0 atom stereocenters. The van der Waals surface area contributed by atoms with Crippen LogP contribution in [0.15, 0.2) is 48.9 Å². The summed E-state index contributed by atoms with van der Waals surface area (Å²) < 4.78 is 36.0. The van der Waals surface area contributed by atoms with Gasteiger partial charge in [0.25, 0.3) is 5.91 Å². The number of nitriles is 1. The normalized spacial score (nSPS) is 13.3. The molecule has 1 N–H and O–H groups in total. The van der Waals surface area contributed by atoms with Crippen molar-refractivity contribution in [1.29, 1.82) is 5.26 Å². The van der Waals surface area contributed by atoms with Gasteiger partial charge in [-0.15, -0.1) is 0 Å². The number of carbonyl (C=O) groups excluding carboxylic acids is 2. The van der Waals surface area contributed by atoms with E-state index >= 15 is 0 Å². The largest absolute Gasteiger partial charge is 0.476 e. The Morgan fingerprint density at radius 2 is 1.84 bits per heavy atom. The Balaban J connectivity index is 1.31. The molecule has 2 aromatic carbocycles. The number of nitrogens with zero attached hydrogens (tertiary/aromatic N) is 7. The number of carbonyl (C=O) groups is 2. The topological polar surface area (TPSA) is 119 Å². The molecule has 0 saturated carbocycles. The first kappa shape index (κ1) is 29.7. The van der Waals surface area contributed by atoms with Crippen LogP contribution >= 0.6 is 11.6 Å². The third kappa shape index (κ3) is 6.20. The van der Waals surface area contributed by atoms with Gasteiger partial charge in [-0.1, -0.05) is 11.6 Å². The van der Waals surface area contributed by atoms with Crippen molar-refractivity contribution in [2.75, 3.05) is 58.7 Å². The second-order valence-electron chi connectivity index (χ2n) is 10.0. The summed E-state index contributed by atoms with van der Waals surface area (Å²) in [5.74, 6) is -2.60. The van der Waals surface area contributed by atoms with Crippen molar-refractivity contribution in [2.24, 2.45) is 0 Å². The molecule has 3 heterocycles. The molecule has 11 nitrogen and oxygen atoms in total. The fraction of sp³-hybridized carbons (Fsp3) is 0.276. The molecule has 0 unspecified atom stereocenters. The highest BCUT2D eigenvalue weighted by Gasteiger charge is 2.26. The van der Waals surface area contributed by atoms with Gasteiger partial charge in [0.2, 0.25) is 11.7 Å². The molecular formula is C29H27ClF2N8O3. The molecule has 1 saturated heterocycles. The number of benzene rings is 2. The summed E-state index contributed by atoms with van der Waals surface area (Å²) >= 11 is 6.52. The Labute approximate surface area is 250 Å². The summed E-state index contributed by atoms with van der Waals surface area (Å²) in [6.07, 6.45) is 4.42. The molecule has 5 rings (SSSR count). The van der Waals surface area contributed by atoms with Crippen LogP contribution in [0.1, 0.15) is 10.4 Å². The van der Waals surface area contributed by atoms with Crippen LogP contribution < -0.4 is 10.1 Å². The van der Waals surface area contributed by atoms with Gasteiger partial charge in [-0.25, -0.2) is 14.4 Å². The number of hydrogen-bond acceptors (Lipinski definition) is 8. The van der Waals surface area contributed by atoms with E-state index in [9.17, 15) is 18.4 Å². The Morgan fingerprint density at radius 1 is 1.09 bits per heavy atom. The Bertz CT molecular complexity index is 1730. The minimum atomic E-state index is -1.21. The second kappa shape index (κ2) is 12.6. The molecule has 14 heteroatoms. The van der Waals surface area contributed by atoms with Crippen molar-refractivity contribution >= 4 is 40.6 Å². The standard InChI is InChI=1S/C29H27ClF2N8O3/c1-37(2)17-24(41)38-10-12-39(13-11-38)29(42)19-4-3-18(15-21(19)30)36-27-28-35-16-22(40(28)9-8-34-27)20-5-6-23(43-14-7-33)26(32)25(20)31/h3-6,8-9,15-16H,10-14,17H2,1-2H3,(H,34,36). The molecule has 1 fully saturated rings. The van der Waals surface area contributed by atoms with E-state index in [1.54, 1.807) is 44.7 Å². The number of amides is 2. The minimum absolute atomic E-state index is 0.0237. The van der Waals surface area contributed by atoms with Gasteiger partial charge in [0.15, 0.2) is 29.6 Å². The average Bonchev–Trinajstić information content (AvgIpc) is 3.42. The van der Waals surface area contributed by atoms with Gasteiger partial charge < -0.3 is 24.8 Å². The molecule has 2 aromatic heterocycles. The van der Waals surface area contributed by atoms with Crippen molar-refractivity contribution in [3.05, 3.63) is 71.1 Å². The summed E-state index contributed by atoms with van der Waals surface area (Å²) in [5, 5.41) is 12.0. The first-order chi connectivity index (χ1) is 20.7. The molecule has 2 amide bonds. The SMILES string of the molecule is CN(C)CC(=O)N1CCN(C(=O)c2ccc(Nc3nccn4c(-c5ccc(OCC#N)c(F)c5F)cnc34)cc2Cl)CC1. The zero-order valence-corrected chi connectivity index (χ0v) is 24.1. The van der Waals surface area contributed by atoms with Gasteiger partial charge in [0, 0.05) is 49.8 Å². The smallest absolute Gasteiger partial charge is 0.255 e. The number of imidazole rings is 1. The lowest BCUT2D eigenvalue weighted by atomic mass is 10.1. The van der Waals surface area contributed by atoms with E-state index in [0.29, 0.717) is 55.4 Å². The zero-order valence-electron chi connectivity index (χ0n) is 23.4. The van der Waals surface area contributed by atoms with Gasteiger partial charge in [-0.05, 0) is 44.4 Å². The number of hydrogen-bond donors (Lipinski definition) is 1. The summed E-state index contributed by atoms with van der Waals surface area (Å²) in [4.78, 5) is 39.4. The summed E-state index contributed by atoms with van der Waals surface area (Å²) in [6.45, 7) is 1.62. The van der Waals surface area contributed by atoms with Crippen LogP contribution in [0.4, 0.5) is 20.3 Å². The molecule has 1 aliphatic rings. The number of piperazine rings is 1. The Kier molecular flexibility index (Phi) is 8.70. The van der Waals surface area contributed by atoms with Crippen LogP contribution in [0, 0.1) is 23.0 Å². The maximum absolute atomic E-state index is 14.9. The van der Waals surface area contributed by atoms with Crippen molar-refractivity contribution < 1.29 is 23.1 Å². The zero-order chi connectivity index (χ0) is 30.7. The number of fused-ring (bicyclic) bond motifs is 1. The first-order valence-corrected chi connectivity index (χ1v) is 13.6. The number of nitrogens with one attached hydrogen (secondary N) is 1. The quantitative estimate of drug-likeness (QED) is 0.321. The minimum Gasteiger partial charge on any atom is -0.476 e. The van der Waals surface area contributed by atoms with Gasteiger partial charge in [-0.2, -0.15) is 9.65 Å². The number of aromatic nitrogens is 3. The summed E-state index contributed by atoms with van der Waals surface area (Å²) in [5.41, 5.74) is 1.41. The van der Waals surface area contributed by atoms with Crippen LogP contribution in [0.5, 0.6) is 5.75 Å². The van der Waals surface area contributed by atoms with E-state index in [2.05, 4.69) is 15.3 Å². The van der Waals surface area contributed by atoms with E-state index < -0.39 is 18.2 Å². The van der Waals surface area contributed by atoms with Gasteiger partial charge >= 0.3 is 0 Å². The van der Waals surface area contributed by atoms with E-state index in [0.717, 1.165) is 0 Å². The van der Waals surface area contributed by atoms with Crippen LogP contribution in [0.25, 0.3) is 16.9 Å². The Hall–Kier alpha value is -4.80. The van der Waals surface area contributed by atoms with E-state index in [4.69, 9.17) is 21.6 Å². The predicted octanol–water partition coefficient (Wildman–Crippen LogP) is 3.82. The van der Waals surface area contributed by atoms with Crippen LogP contribution in [-0.2, 0) is 4.79 Å². The van der Waals surface area contributed by atoms with Gasteiger partial charge in [-0.3, -0.25) is 14.0 Å². The van der Waals surface area contributed by atoms with E-state index in [1.807, 2.05) is 19.0 Å². The molecule has 1 aliphatic heterocycles. The molecule has 0 aliphatic carbocycles. The highest BCUT2D eigenvalue weighted by Crippen LogP contribution is 2.32. The van der Waals surface area contributed by atoms with Crippen molar-refractivity contribution in [3.63, 3.8) is 0 Å². The third-order valence-electron chi connectivity index (χ3n) is 6.88. The fourth-order valence-corrected chi connectivity index (χ4v) is 5.02. The Morgan fingerprint density at radius 3 is 2.53 bits per heavy atom. The van der Waals surface area contributed by atoms with E-state index in [1.165, 1.54) is 24.5 Å². The summed E-state index contributed by atoms with van der Waals surface area (Å²) in [6, 6.07) is 9.20. The monoisotopic (exact) mass is 608 g/mol. The van der Waals surface area contributed by atoms with Crippen molar-refractivity contribution in [2.45, 2.75) is 0 Å². The predicted molar refractivity (Wildman–Crippen MR) is 155 cm³/mol. The second-order valence-corrected chi connectivity index (χ2v) is 10.4. The number of likely N-dealkylation sites (N-methyl/N-ethyl adjacent to an activating group) is 1. The molecule has 0 spiro atoms. The van der Waals surface area contributed by atoms with Gasteiger partial charge in [0.05, 0.1) is 29.0 Å². The molecular weight excluding hydrogens is 582 g/mol. The molecule has 0 bridgehead atoms. The molecule has 4 aromatic rings. The highest BCUT2D eigenvalue weighted by atomic mass is 35.5. The molecule has 43 heavy (non-hydrogen) atoms. The maximum atomic E-state index is 14.9. The van der Waals surface area contributed by atoms with Crippen LogP contribution in [0.3, 0.4) is 0 Å². The maximum Gasteiger partial charge on any atom is 0.255 e. The number of anilines is 2. The highest BCUT2D eigenvalue weighted by molar-refractivity contribution is 6.34. The number of halogens is 3. The number of ether oxygens (including phenoxy) is 1. The lowest BCUT2D eigenvalue weighted by Gasteiger charge is -2.35. The van der Waals surface area contributed by atoms with Gasteiger partial charge in [0.1, 0.15) is 6.07 Å². The average molecular weight is 609 g/mol. The molecule has 222 valence electrons. The lowest BCUT2D eigenvalue weighted by molar-refractivity contribution is -0.133. The summed E-state index contributed by atoms with van der Waals surface area (Å²) in [7, 11) is 3.67. The van der Waals surface area contributed by atoms with Crippen LogP contribution in [-0.4, -0.2) is 94.3 Å². The lowest BCUT2D eigenvalue weighted by Crippen LogP contribution is -2.52. The number of rotatable bonds is 8. The van der Waals surface area contributed by atoms with Crippen LogP contribution in [0.2, 0.25) is 5.02 Å². The third-order valence-corrected chi connectivity index (χ3v) is 7.19. The van der Waals surface area contributed by atoms with Crippen molar-refractivity contribution in [3.8, 4) is 23.1 Å². The first-order valence-electron chi connectivity index (χ1n) is 13.3.